The van der Waals surface area contributed by atoms with Gasteiger partial charge in [-0.15, -0.1) is 0 Å². The van der Waals surface area contributed by atoms with E-state index in [1.165, 1.54) is 24.4 Å². The summed E-state index contributed by atoms with van der Waals surface area (Å²) in [6.45, 7) is 0. The minimum Gasteiger partial charge on any atom is -0.355 e. The molecule has 0 radical (unpaired) electrons. The van der Waals surface area contributed by atoms with Gasteiger partial charge in [-0.2, -0.15) is 21.6 Å². The Kier molecular flexibility index (Phi) is 3.40. The molecule has 0 saturated carbocycles. The van der Waals surface area contributed by atoms with Gasteiger partial charge in [0.1, 0.15) is 5.82 Å². The Labute approximate surface area is 127 Å². The van der Waals surface area contributed by atoms with Gasteiger partial charge in [0.15, 0.2) is 0 Å². The second-order valence-corrected chi connectivity index (χ2v) is 6.20. The fourth-order valence-corrected chi connectivity index (χ4v) is 2.52. The number of benzene rings is 2. The summed E-state index contributed by atoms with van der Waals surface area (Å²) in [6.07, 6.45) is 1.18. The van der Waals surface area contributed by atoms with Gasteiger partial charge in [0.2, 0.25) is 5.88 Å². The van der Waals surface area contributed by atoms with Crippen molar-refractivity contribution in [2.75, 3.05) is 0 Å². The van der Waals surface area contributed by atoms with Crippen LogP contribution in [0.4, 0.5) is 17.6 Å². The highest BCUT2D eigenvalue weighted by atomic mass is 32.2. The van der Waals surface area contributed by atoms with Gasteiger partial charge in [-0.25, -0.2) is 9.37 Å². The first-order valence-electron chi connectivity index (χ1n) is 6.16. The highest BCUT2D eigenvalue weighted by Gasteiger charge is 2.48. The molecule has 0 atom stereocenters. The van der Waals surface area contributed by atoms with Crippen LogP contribution in [-0.4, -0.2) is 18.9 Å². The summed E-state index contributed by atoms with van der Waals surface area (Å²) in [5.74, 6) is -1.19. The summed E-state index contributed by atoms with van der Waals surface area (Å²) in [6, 6.07) is 8.16. The number of hydrogen-bond donors (Lipinski definition) is 0. The number of fused-ring (bicyclic) bond motifs is 3. The van der Waals surface area contributed by atoms with Crippen molar-refractivity contribution in [1.29, 1.82) is 0 Å². The van der Waals surface area contributed by atoms with Crippen molar-refractivity contribution in [2.45, 2.75) is 5.51 Å². The van der Waals surface area contributed by atoms with Gasteiger partial charge in [0.05, 0.1) is 0 Å². The summed E-state index contributed by atoms with van der Waals surface area (Å²) in [4.78, 5) is 3.55. The van der Waals surface area contributed by atoms with E-state index in [0.717, 1.165) is 6.07 Å². The molecule has 0 N–H and O–H groups in total. The van der Waals surface area contributed by atoms with Crippen molar-refractivity contribution in [1.82, 2.24) is 4.98 Å². The van der Waals surface area contributed by atoms with Gasteiger partial charge in [-0.3, -0.25) is 0 Å². The van der Waals surface area contributed by atoms with Crippen molar-refractivity contribution in [3.63, 3.8) is 0 Å². The Hall–Kier alpha value is -2.42. The lowest BCUT2D eigenvalue weighted by atomic mass is 10.0. The van der Waals surface area contributed by atoms with Crippen molar-refractivity contribution in [3.05, 3.63) is 48.4 Å². The molecule has 0 aliphatic carbocycles. The van der Waals surface area contributed by atoms with Gasteiger partial charge in [-0.1, -0.05) is 18.2 Å². The van der Waals surface area contributed by atoms with E-state index in [0.29, 0.717) is 21.5 Å². The molecule has 9 heteroatoms. The smallest absolute Gasteiger partial charge is 0.355 e. The van der Waals surface area contributed by atoms with E-state index in [1.807, 2.05) is 0 Å². The third-order valence-electron chi connectivity index (χ3n) is 3.13. The van der Waals surface area contributed by atoms with Gasteiger partial charge in [0.25, 0.3) is 0 Å². The summed E-state index contributed by atoms with van der Waals surface area (Å²) in [5, 5.41) is 1.97. The molecule has 4 nitrogen and oxygen atoms in total. The van der Waals surface area contributed by atoms with Crippen molar-refractivity contribution in [3.8, 4) is 5.88 Å². The van der Waals surface area contributed by atoms with E-state index < -0.39 is 27.3 Å². The molecule has 0 bridgehead atoms. The number of alkyl halides is 3. The second-order valence-electron chi connectivity index (χ2n) is 4.66. The van der Waals surface area contributed by atoms with E-state index in [4.69, 9.17) is 0 Å². The first kappa shape index (κ1) is 15.5. The number of nitrogens with zero attached hydrogens (tertiary/aromatic N) is 1. The van der Waals surface area contributed by atoms with E-state index in [1.54, 1.807) is 12.1 Å². The molecular formula is C14H7F4NO3S. The molecule has 3 rings (SSSR count). The molecule has 3 aromatic rings. The fourth-order valence-electron chi connectivity index (χ4n) is 2.11. The Morgan fingerprint density at radius 1 is 0.957 bits per heavy atom. The lowest BCUT2D eigenvalue weighted by Gasteiger charge is -2.10. The molecule has 0 amide bonds. The summed E-state index contributed by atoms with van der Waals surface area (Å²) in [5.41, 5.74) is -5.55. The third-order valence-corrected chi connectivity index (χ3v) is 4.09. The van der Waals surface area contributed by atoms with Crippen LogP contribution < -0.4 is 4.18 Å². The quantitative estimate of drug-likeness (QED) is 0.307. The van der Waals surface area contributed by atoms with Crippen LogP contribution in [0, 0.1) is 5.82 Å². The van der Waals surface area contributed by atoms with E-state index in [2.05, 4.69) is 9.17 Å². The van der Waals surface area contributed by atoms with Crippen LogP contribution >= 0.6 is 0 Å². The van der Waals surface area contributed by atoms with Gasteiger partial charge in [-0.05, 0) is 28.3 Å². The van der Waals surface area contributed by atoms with E-state index >= 15 is 0 Å². The summed E-state index contributed by atoms with van der Waals surface area (Å²) >= 11 is 0. The summed E-state index contributed by atoms with van der Waals surface area (Å²) < 4.78 is 76.3. The zero-order valence-corrected chi connectivity index (χ0v) is 12.0. The van der Waals surface area contributed by atoms with Crippen molar-refractivity contribution < 1.29 is 30.2 Å². The Morgan fingerprint density at radius 2 is 1.65 bits per heavy atom. The zero-order valence-electron chi connectivity index (χ0n) is 11.1. The van der Waals surface area contributed by atoms with Crippen LogP contribution in [0.2, 0.25) is 0 Å². The molecule has 120 valence electrons. The maximum absolute atomic E-state index is 13.2. The van der Waals surface area contributed by atoms with Crippen LogP contribution in [-0.2, 0) is 10.1 Å². The lowest BCUT2D eigenvalue weighted by molar-refractivity contribution is -0.0501. The first-order valence-corrected chi connectivity index (χ1v) is 7.57. The van der Waals surface area contributed by atoms with E-state index in [-0.39, 0.29) is 0 Å². The SMILES string of the molecule is O=S(=O)(Oc1cc2c(ccc3cc(F)ccc32)cn1)C(F)(F)F. The average molecular weight is 345 g/mol. The minimum absolute atomic E-state index is 0.393. The lowest BCUT2D eigenvalue weighted by Crippen LogP contribution is -2.28. The maximum atomic E-state index is 13.2. The van der Waals surface area contributed by atoms with Crippen molar-refractivity contribution in [2.24, 2.45) is 0 Å². The standard InChI is InChI=1S/C14H7F4NO3S/c15-10-3-4-11-8(5-10)1-2-9-7-19-13(6-12(9)11)22-23(20,21)14(16,17)18/h1-7H. The molecule has 23 heavy (non-hydrogen) atoms. The molecule has 0 spiro atoms. The average Bonchev–Trinajstić information content (AvgIpc) is 2.45. The Balaban J connectivity index is 2.16. The van der Waals surface area contributed by atoms with Gasteiger partial charge < -0.3 is 4.18 Å². The topological polar surface area (TPSA) is 56.3 Å². The number of hydrogen-bond acceptors (Lipinski definition) is 4. The predicted molar refractivity (Wildman–Crippen MR) is 74.8 cm³/mol. The largest absolute Gasteiger partial charge is 0.534 e. The molecular weight excluding hydrogens is 338 g/mol. The van der Waals surface area contributed by atoms with Gasteiger partial charge in [0, 0.05) is 17.6 Å². The molecule has 0 aliphatic rings. The van der Waals surface area contributed by atoms with Crippen molar-refractivity contribution >= 4 is 31.7 Å². The molecule has 0 saturated heterocycles. The summed E-state index contributed by atoms with van der Waals surface area (Å²) in [7, 11) is -5.80. The van der Waals surface area contributed by atoms with Crippen LogP contribution in [0.1, 0.15) is 0 Å². The maximum Gasteiger partial charge on any atom is 0.534 e. The molecule has 1 heterocycles. The fraction of sp³-hybridized carbons (Fsp3) is 0.0714. The van der Waals surface area contributed by atoms with E-state index in [9.17, 15) is 26.0 Å². The van der Waals surface area contributed by atoms with Crippen LogP contribution in [0.5, 0.6) is 5.88 Å². The molecule has 1 aromatic heterocycles. The normalized spacial score (nSPS) is 12.7. The highest BCUT2D eigenvalue weighted by Crippen LogP contribution is 2.30. The highest BCUT2D eigenvalue weighted by molar-refractivity contribution is 7.87. The number of aromatic nitrogens is 1. The predicted octanol–water partition coefficient (Wildman–Crippen LogP) is 3.76. The molecule has 0 unspecified atom stereocenters. The monoisotopic (exact) mass is 345 g/mol. The Bertz CT molecular complexity index is 1020. The minimum atomic E-state index is -5.80. The van der Waals surface area contributed by atoms with Gasteiger partial charge >= 0.3 is 15.6 Å². The molecule has 0 aliphatic heterocycles. The van der Waals surface area contributed by atoms with Crippen LogP contribution in [0.3, 0.4) is 0 Å². The zero-order chi connectivity index (χ0) is 16.8. The van der Waals surface area contributed by atoms with Crippen LogP contribution in [0.25, 0.3) is 21.5 Å². The molecule has 0 fully saturated rings. The number of halogens is 4. The number of rotatable bonds is 2. The Morgan fingerprint density at radius 3 is 2.35 bits per heavy atom. The second kappa shape index (κ2) is 5.05. The first-order chi connectivity index (χ1) is 10.7. The number of pyridine rings is 1. The third kappa shape index (κ3) is 2.79. The molecule has 2 aromatic carbocycles. The van der Waals surface area contributed by atoms with Crippen LogP contribution in [0.15, 0.2) is 42.6 Å².